The van der Waals surface area contributed by atoms with Gasteiger partial charge in [0.1, 0.15) is 0 Å². The lowest BCUT2D eigenvalue weighted by Gasteiger charge is -2.45. The fourth-order valence-electron chi connectivity index (χ4n) is 2.98. The molecule has 14 heavy (non-hydrogen) atoms. The number of piperidine rings is 2. The molecule has 2 aliphatic heterocycles. The second kappa shape index (κ2) is 4.63. The van der Waals surface area contributed by atoms with E-state index in [1.807, 2.05) is 0 Å². The van der Waals surface area contributed by atoms with Crippen LogP contribution < -0.4 is 5.32 Å². The minimum Gasteiger partial charge on any atom is -0.311 e. The molecule has 2 nitrogen and oxygen atoms in total. The number of likely N-dealkylation sites (tertiary alicyclic amines) is 1. The Morgan fingerprint density at radius 2 is 1.93 bits per heavy atom. The van der Waals surface area contributed by atoms with E-state index in [1.165, 1.54) is 64.7 Å². The molecule has 2 saturated heterocycles. The zero-order valence-corrected chi connectivity index (χ0v) is 9.52. The van der Waals surface area contributed by atoms with Crippen LogP contribution in [0, 0.1) is 0 Å². The maximum atomic E-state index is 3.77. The zero-order chi connectivity index (χ0) is 9.86. The van der Waals surface area contributed by atoms with Crippen molar-refractivity contribution < 1.29 is 0 Å². The van der Waals surface area contributed by atoms with E-state index in [1.54, 1.807) is 0 Å². The highest BCUT2D eigenvalue weighted by Gasteiger charge is 2.34. The lowest BCUT2D eigenvalue weighted by atomic mass is 9.80. The minimum atomic E-state index is 0.544. The molecule has 2 rings (SSSR count). The van der Waals surface area contributed by atoms with Crippen LogP contribution in [0.25, 0.3) is 0 Å². The van der Waals surface area contributed by atoms with Gasteiger partial charge in [0.15, 0.2) is 0 Å². The molecule has 1 N–H and O–H groups in total. The summed E-state index contributed by atoms with van der Waals surface area (Å²) < 4.78 is 0. The summed E-state index contributed by atoms with van der Waals surface area (Å²) >= 11 is 0. The molecule has 2 aliphatic rings. The van der Waals surface area contributed by atoms with Crippen LogP contribution in [0.1, 0.15) is 45.4 Å². The molecule has 0 unspecified atom stereocenters. The van der Waals surface area contributed by atoms with Crippen molar-refractivity contribution >= 4 is 0 Å². The Morgan fingerprint density at radius 3 is 2.50 bits per heavy atom. The monoisotopic (exact) mass is 196 g/mol. The van der Waals surface area contributed by atoms with Crippen LogP contribution in [0.15, 0.2) is 0 Å². The van der Waals surface area contributed by atoms with Gasteiger partial charge in [-0.3, -0.25) is 0 Å². The Bertz CT molecular complexity index is 163. The maximum absolute atomic E-state index is 3.77. The SMILES string of the molecule is CCCN1CCC2(CCCCN2)CC1. The number of rotatable bonds is 2. The Morgan fingerprint density at radius 1 is 1.14 bits per heavy atom. The highest BCUT2D eigenvalue weighted by Crippen LogP contribution is 2.30. The summed E-state index contributed by atoms with van der Waals surface area (Å²) in [6, 6.07) is 0. The topological polar surface area (TPSA) is 15.3 Å². The van der Waals surface area contributed by atoms with Crippen molar-refractivity contribution in [2.75, 3.05) is 26.2 Å². The van der Waals surface area contributed by atoms with Gasteiger partial charge in [-0.1, -0.05) is 13.3 Å². The molecule has 0 amide bonds. The molecule has 0 bridgehead atoms. The molecule has 2 heterocycles. The van der Waals surface area contributed by atoms with E-state index >= 15 is 0 Å². The molecule has 1 spiro atoms. The van der Waals surface area contributed by atoms with Gasteiger partial charge in [-0.25, -0.2) is 0 Å². The molecular formula is C12H24N2. The zero-order valence-electron chi connectivity index (χ0n) is 9.52. The van der Waals surface area contributed by atoms with Crippen molar-refractivity contribution in [1.82, 2.24) is 10.2 Å². The Hall–Kier alpha value is -0.0800. The average Bonchev–Trinajstić information content (AvgIpc) is 2.24. The summed E-state index contributed by atoms with van der Waals surface area (Å²) in [5, 5.41) is 3.77. The van der Waals surface area contributed by atoms with Gasteiger partial charge in [-0.15, -0.1) is 0 Å². The summed E-state index contributed by atoms with van der Waals surface area (Å²) in [7, 11) is 0. The van der Waals surface area contributed by atoms with Crippen molar-refractivity contribution in [3.63, 3.8) is 0 Å². The average molecular weight is 196 g/mol. The molecule has 0 aromatic rings. The summed E-state index contributed by atoms with van der Waals surface area (Å²) in [6.07, 6.45) is 8.33. The van der Waals surface area contributed by atoms with E-state index in [9.17, 15) is 0 Å². The minimum absolute atomic E-state index is 0.544. The largest absolute Gasteiger partial charge is 0.311 e. The van der Waals surface area contributed by atoms with Gasteiger partial charge >= 0.3 is 0 Å². The Labute approximate surface area is 88.1 Å². The molecule has 0 saturated carbocycles. The van der Waals surface area contributed by atoms with Crippen molar-refractivity contribution in [1.29, 1.82) is 0 Å². The van der Waals surface area contributed by atoms with Crippen LogP contribution in [-0.2, 0) is 0 Å². The van der Waals surface area contributed by atoms with Crippen LogP contribution in [0.4, 0.5) is 0 Å². The lowest BCUT2D eigenvalue weighted by Crippen LogP contribution is -2.55. The maximum Gasteiger partial charge on any atom is 0.0205 e. The van der Waals surface area contributed by atoms with Gasteiger partial charge in [0.05, 0.1) is 0 Å². The third kappa shape index (κ3) is 2.29. The predicted molar refractivity (Wildman–Crippen MR) is 60.5 cm³/mol. The first-order valence-corrected chi connectivity index (χ1v) is 6.32. The van der Waals surface area contributed by atoms with Crippen molar-refractivity contribution in [3.05, 3.63) is 0 Å². The molecular weight excluding hydrogens is 172 g/mol. The third-order valence-electron chi connectivity index (χ3n) is 3.94. The predicted octanol–water partition coefficient (Wildman–Crippen LogP) is 2.00. The van der Waals surface area contributed by atoms with E-state index in [-0.39, 0.29) is 0 Å². The number of nitrogens with zero attached hydrogens (tertiary/aromatic N) is 1. The Balaban J connectivity index is 1.81. The fraction of sp³-hybridized carbons (Fsp3) is 1.00. The molecule has 0 atom stereocenters. The molecule has 0 radical (unpaired) electrons. The van der Waals surface area contributed by atoms with Crippen molar-refractivity contribution in [2.45, 2.75) is 51.0 Å². The first kappa shape index (κ1) is 10.4. The molecule has 2 heteroatoms. The second-order valence-corrected chi connectivity index (χ2v) is 5.01. The van der Waals surface area contributed by atoms with Gasteiger partial charge < -0.3 is 10.2 Å². The van der Waals surface area contributed by atoms with Crippen molar-refractivity contribution in [2.24, 2.45) is 0 Å². The van der Waals surface area contributed by atoms with Gasteiger partial charge in [0.2, 0.25) is 0 Å². The number of hydrogen-bond acceptors (Lipinski definition) is 2. The molecule has 82 valence electrons. The van der Waals surface area contributed by atoms with E-state index in [0.29, 0.717) is 5.54 Å². The molecule has 0 aromatic carbocycles. The summed E-state index contributed by atoms with van der Waals surface area (Å²) in [5.41, 5.74) is 0.544. The van der Waals surface area contributed by atoms with Gasteiger partial charge in [0, 0.05) is 5.54 Å². The Kier molecular flexibility index (Phi) is 3.45. The first-order valence-electron chi connectivity index (χ1n) is 6.32. The molecule has 0 aromatic heterocycles. The van der Waals surface area contributed by atoms with E-state index in [4.69, 9.17) is 0 Å². The molecule has 2 fully saturated rings. The van der Waals surface area contributed by atoms with Gasteiger partial charge in [-0.05, 0) is 58.3 Å². The van der Waals surface area contributed by atoms with Crippen LogP contribution in [0.2, 0.25) is 0 Å². The van der Waals surface area contributed by atoms with E-state index in [2.05, 4.69) is 17.1 Å². The van der Waals surface area contributed by atoms with Crippen LogP contribution in [-0.4, -0.2) is 36.6 Å². The van der Waals surface area contributed by atoms with Crippen LogP contribution in [0.3, 0.4) is 0 Å². The van der Waals surface area contributed by atoms with Crippen molar-refractivity contribution in [3.8, 4) is 0 Å². The fourth-order valence-corrected chi connectivity index (χ4v) is 2.98. The van der Waals surface area contributed by atoms with Gasteiger partial charge in [-0.2, -0.15) is 0 Å². The second-order valence-electron chi connectivity index (χ2n) is 5.01. The summed E-state index contributed by atoms with van der Waals surface area (Å²) in [5.74, 6) is 0. The number of hydrogen-bond donors (Lipinski definition) is 1. The van der Waals surface area contributed by atoms with Gasteiger partial charge in [0.25, 0.3) is 0 Å². The quantitative estimate of drug-likeness (QED) is 0.727. The lowest BCUT2D eigenvalue weighted by molar-refractivity contribution is 0.112. The first-order chi connectivity index (χ1) is 6.85. The normalized spacial score (nSPS) is 28.1. The highest BCUT2D eigenvalue weighted by molar-refractivity contribution is 4.95. The molecule has 0 aliphatic carbocycles. The standard InChI is InChI=1S/C12H24N2/c1-2-9-14-10-6-12(7-11-14)5-3-4-8-13-12/h13H,2-11H2,1H3. The summed E-state index contributed by atoms with van der Waals surface area (Å²) in [6.45, 7) is 7.48. The highest BCUT2D eigenvalue weighted by atomic mass is 15.2. The number of nitrogens with one attached hydrogen (secondary N) is 1. The smallest absolute Gasteiger partial charge is 0.0205 e. The summed E-state index contributed by atoms with van der Waals surface area (Å²) in [4.78, 5) is 2.63. The van der Waals surface area contributed by atoms with Crippen LogP contribution in [0.5, 0.6) is 0 Å². The van der Waals surface area contributed by atoms with Crippen LogP contribution >= 0.6 is 0 Å². The van der Waals surface area contributed by atoms with E-state index in [0.717, 1.165) is 0 Å². The van der Waals surface area contributed by atoms with E-state index < -0.39 is 0 Å². The third-order valence-corrected chi connectivity index (χ3v) is 3.94.